The zero-order valence-corrected chi connectivity index (χ0v) is 14.2. The number of amides is 2. The van der Waals surface area contributed by atoms with Crippen molar-refractivity contribution in [3.8, 4) is 0 Å². The van der Waals surface area contributed by atoms with Crippen LogP contribution < -0.4 is 16.0 Å². The lowest BCUT2D eigenvalue weighted by atomic mass is 10.1. The summed E-state index contributed by atoms with van der Waals surface area (Å²) in [5.41, 5.74) is 0.264. The van der Waals surface area contributed by atoms with Crippen LogP contribution in [0.4, 0.5) is 8.78 Å². The lowest BCUT2D eigenvalue weighted by Gasteiger charge is -2.14. The molecule has 1 aliphatic rings. The Hall–Kier alpha value is -3.22. The van der Waals surface area contributed by atoms with E-state index >= 15 is 0 Å². The SMILES string of the molecule is C=C(C(=O)NCC1=CC=CC1)/C(=C\NC)NC(=O)c1c(F)cccc1F. The molecule has 0 saturated heterocycles. The van der Waals surface area contributed by atoms with Gasteiger partial charge in [0.25, 0.3) is 11.8 Å². The monoisotopic (exact) mass is 359 g/mol. The van der Waals surface area contributed by atoms with Crippen LogP contribution in [0.25, 0.3) is 0 Å². The normalized spacial score (nSPS) is 13.2. The van der Waals surface area contributed by atoms with E-state index in [0.717, 1.165) is 30.2 Å². The molecule has 0 spiro atoms. The average molecular weight is 359 g/mol. The highest BCUT2D eigenvalue weighted by molar-refractivity contribution is 6.01. The number of nitrogens with one attached hydrogen (secondary N) is 3. The fourth-order valence-electron chi connectivity index (χ4n) is 2.29. The number of allylic oxidation sites excluding steroid dienone is 3. The van der Waals surface area contributed by atoms with Gasteiger partial charge >= 0.3 is 0 Å². The van der Waals surface area contributed by atoms with Gasteiger partial charge in [0.15, 0.2) is 0 Å². The number of carbonyl (C=O) groups excluding carboxylic acids is 2. The first kappa shape index (κ1) is 19.1. The molecule has 26 heavy (non-hydrogen) atoms. The van der Waals surface area contributed by atoms with Crippen molar-refractivity contribution >= 4 is 11.8 Å². The van der Waals surface area contributed by atoms with Crippen molar-refractivity contribution in [1.82, 2.24) is 16.0 Å². The maximum atomic E-state index is 13.7. The van der Waals surface area contributed by atoms with Crippen LogP contribution >= 0.6 is 0 Å². The van der Waals surface area contributed by atoms with Crippen LogP contribution in [0.5, 0.6) is 0 Å². The van der Waals surface area contributed by atoms with Crippen LogP contribution in [-0.2, 0) is 4.79 Å². The van der Waals surface area contributed by atoms with Crippen LogP contribution in [0.15, 0.2) is 66.0 Å². The molecule has 1 aromatic carbocycles. The number of hydrogen-bond donors (Lipinski definition) is 3. The molecule has 136 valence electrons. The average Bonchev–Trinajstić information content (AvgIpc) is 3.12. The molecule has 1 aliphatic carbocycles. The summed E-state index contributed by atoms with van der Waals surface area (Å²) >= 11 is 0. The zero-order chi connectivity index (χ0) is 19.1. The van der Waals surface area contributed by atoms with Crippen molar-refractivity contribution < 1.29 is 18.4 Å². The predicted molar refractivity (Wildman–Crippen MR) is 95.0 cm³/mol. The van der Waals surface area contributed by atoms with E-state index in [-0.39, 0.29) is 11.3 Å². The van der Waals surface area contributed by atoms with E-state index in [4.69, 9.17) is 0 Å². The van der Waals surface area contributed by atoms with Crippen LogP contribution in [0.3, 0.4) is 0 Å². The molecule has 0 bridgehead atoms. The Balaban J connectivity index is 2.07. The number of halogens is 2. The fourth-order valence-corrected chi connectivity index (χ4v) is 2.29. The van der Waals surface area contributed by atoms with Crippen LogP contribution in [0.2, 0.25) is 0 Å². The molecule has 0 saturated carbocycles. The van der Waals surface area contributed by atoms with E-state index in [2.05, 4.69) is 22.5 Å². The van der Waals surface area contributed by atoms with Gasteiger partial charge in [0, 0.05) is 19.8 Å². The third-order valence-electron chi connectivity index (χ3n) is 3.65. The maximum Gasteiger partial charge on any atom is 0.261 e. The first-order chi connectivity index (χ1) is 12.4. The van der Waals surface area contributed by atoms with Gasteiger partial charge in [0.05, 0.1) is 11.3 Å². The molecule has 7 heteroatoms. The van der Waals surface area contributed by atoms with Gasteiger partial charge < -0.3 is 16.0 Å². The molecule has 2 rings (SSSR count). The smallest absolute Gasteiger partial charge is 0.261 e. The van der Waals surface area contributed by atoms with Gasteiger partial charge in [-0.25, -0.2) is 8.78 Å². The summed E-state index contributed by atoms with van der Waals surface area (Å²) in [6.07, 6.45) is 7.83. The lowest BCUT2D eigenvalue weighted by Crippen LogP contribution is -2.33. The van der Waals surface area contributed by atoms with E-state index in [1.54, 1.807) is 7.05 Å². The quantitative estimate of drug-likeness (QED) is 0.517. The van der Waals surface area contributed by atoms with E-state index in [0.29, 0.717) is 6.54 Å². The van der Waals surface area contributed by atoms with Crippen molar-refractivity contribution in [2.24, 2.45) is 0 Å². The summed E-state index contributed by atoms with van der Waals surface area (Å²) in [4.78, 5) is 24.5. The minimum absolute atomic E-state index is 0.0104. The Labute approximate surface area is 150 Å². The number of rotatable bonds is 7. The van der Waals surface area contributed by atoms with Gasteiger partial charge in [0.1, 0.15) is 17.2 Å². The van der Waals surface area contributed by atoms with Gasteiger partial charge in [-0.2, -0.15) is 0 Å². The van der Waals surface area contributed by atoms with Gasteiger partial charge in [-0.15, -0.1) is 0 Å². The van der Waals surface area contributed by atoms with Crippen molar-refractivity contribution in [2.75, 3.05) is 13.6 Å². The second kappa shape index (κ2) is 8.75. The van der Waals surface area contributed by atoms with Crippen LogP contribution in [0, 0.1) is 11.6 Å². The summed E-state index contributed by atoms with van der Waals surface area (Å²) in [6, 6.07) is 3.11. The standard InChI is InChI=1S/C19H19F2N3O2/c1-12(18(25)23-10-13-6-3-4-7-13)16(11-22-2)24-19(26)17-14(20)8-5-9-15(17)21/h3-6,8-9,11,22H,1,7,10H2,2H3,(H,23,25)(H,24,26)/b16-11+. The molecule has 5 nitrogen and oxygen atoms in total. The Kier molecular flexibility index (Phi) is 6.43. The molecular weight excluding hydrogens is 340 g/mol. The molecular formula is C19H19F2N3O2. The van der Waals surface area contributed by atoms with Gasteiger partial charge in [-0.05, 0) is 24.1 Å². The molecule has 0 atom stereocenters. The number of benzene rings is 1. The summed E-state index contributed by atoms with van der Waals surface area (Å²) in [5.74, 6) is -3.52. The third-order valence-corrected chi connectivity index (χ3v) is 3.65. The first-order valence-corrected chi connectivity index (χ1v) is 7.89. The van der Waals surface area contributed by atoms with Crippen molar-refractivity contribution in [1.29, 1.82) is 0 Å². The molecule has 0 aliphatic heterocycles. The Morgan fingerprint density at radius 2 is 1.96 bits per heavy atom. The highest BCUT2D eigenvalue weighted by Gasteiger charge is 2.21. The van der Waals surface area contributed by atoms with Crippen molar-refractivity contribution in [3.63, 3.8) is 0 Å². The summed E-state index contributed by atoms with van der Waals surface area (Å²) < 4.78 is 27.5. The zero-order valence-electron chi connectivity index (χ0n) is 14.2. The van der Waals surface area contributed by atoms with E-state index in [1.165, 1.54) is 6.20 Å². The van der Waals surface area contributed by atoms with E-state index in [1.807, 2.05) is 18.2 Å². The topological polar surface area (TPSA) is 70.2 Å². The molecule has 0 unspecified atom stereocenters. The van der Waals surface area contributed by atoms with Gasteiger partial charge in [-0.1, -0.05) is 30.9 Å². The molecule has 2 amide bonds. The van der Waals surface area contributed by atoms with Crippen LogP contribution in [-0.4, -0.2) is 25.4 Å². The Morgan fingerprint density at radius 3 is 2.54 bits per heavy atom. The Bertz CT molecular complexity index is 806. The van der Waals surface area contributed by atoms with Crippen LogP contribution in [0.1, 0.15) is 16.8 Å². The number of hydrogen-bond acceptors (Lipinski definition) is 3. The van der Waals surface area contributed by atoms with Gasteiger partial charge in [0.2, 0.25) is 0 Å². The summed E-state index contributed by atoms with van der Waals surface area (Å²) in [6.45, 7) is 3.99. The molecule has 1 aromatic rings. The first-order valence-electron chi connectivity index (χ1n) is 7.89. The van der Waals surface area contributed by atoms with Crippen molar-refractivity contribution in [3.05, 3.63) is 83.2 Å². The minimum Gasteiger partial charge on any atom is -0.392 e. The second-order valence-electron chi connectivity index (χ2n) is 5.52. The highest BCUT2D eigenvalue weighted by Crippen LogP contribution is 2.14. The molecule has 0 radical (unpaired) electrons. The molecule has 0 heterocycles. The Morgan fingerprint density at radius 1 is 1.27 bits per heavy atom. The minimum atomic E-state index is -1.02. The molecule has 3 N–H and O–H groups in total. The lowest BCUT2D eigenvalue weighted by molar-refractivity contribution is -0.117. The second-order valence-corrected chi connectivity index (χ2v) is 5.52. The van der Waals surface area contributed by atoms with Crippen molar-refractivity contribution in [2.45, 2.75) is 6.42 Å². The van der Waals surface area contributed by atoms with E-state index in [9.17, 15) is 18.4 Å². The number of carbonyl (C=O) groups is 2. The molecule has 0 aromatic heterocycles. The third kappa shape index (κ3) is 4.66. The summed E-state index contributed by atoms with van der Waals surface area (Å²) in [7, 11) is 1.55. The maximum absolute atomic E-state index is 13.7. The largest absolute Gasteiger partial charge is 0.392 e. The highest BCUT2D eigenvalue weighted by atomic mass is 19.1. The predicted octanol–water partition coefficient (Wildman–Crippen LogP) is 2.31. The fraction of sp³-hybridized carbons (Fsp3) is 0.158. The summed E-state index contributed by atoms with van der Waals surface area (Å²) in [5, 5.41) is 7.66. The van der Waals surface area contributed by atoms with E-state index < -0.39 is 29.0 Å². The van der Waals surface area contributed by atoms with Gasteiger partial charge in [-0.3, -0.25) is 9.59 Å². The molecule has 0 fully saturated rings.